The van der Waals surface area contributed by atoms with Crippen LogP contribution in [0, 0.1) is 0 Å². The van der Waals surface area contributed by atoms with E-state index in [2.05, 4.69) is 0 Å². The van der Waals surface area contributed by atoms with Crippen molar-refractivity contribution in [3.63, 3.8) is 0 Å². The number of carbonyl (C=O) groups is 6. The molecule has 0 spiro atoms. The van der Waals surface area contributed by atoms with Crippen LogP contribution in [0.5, 0.6) is 0 Å². The number of amides is 4. The van der Waals surface area contributed by atoms with Crippen molar-refractivity contribution in [2.75, 3.05) is 26.3 Å². The highest BCUT2D eigenvalue weighted by atomic mass is 16.5. The van der Waals surface area contributed by atoms with Gasteiger partial charge < -0.3 is 9.47 Å². The van der Waals surface area contributed by atoms with Crippen LogP contribution in [0.2, 0.25) is 0 Å². The molecule has 2 heterocycles. The first-order valence-corrected chi connectivity index (χ1v) is 8.88. The van der Waals surface area contributed by atoms with Gasteiger partial charge in [0.2, 0.25) is 0 Å². The Balaban J connectivity index is 1.48. The van der Waals surface area contributed by atoms with E-state index in [4.69, 9.17) is 9.47 Å². The maximum atomic E-state index is 12.1. The van der Waals surface area contributed by atoms with Crippen LogP contribution in [0.3, 0.4) is 0 Å². The normalized spacial score (nSPS) is 15.3. The number of ether oxygens (including phenoxy) is 2. The van der Waals surface area contributed by atoms with Gasteiger partial charge in [0.25, 0.3) is 23.6 Å². The predicted octanol–water partition coefficient (Wildman–Crippen LogP) is -0.150. The fourth-order valence-electron chi connectivity index (χ4n) is 2.70. The van der Waals surface area contributed by atoms with Crippen LogP contribution in [0.1, 0.15) is 20.7 Å². The number of benzene rings is 1. The molecular formula is C20H16N2O8. The van der Waals surface area contributed by atoms with Gasteiger partial charge in [-0.1, -0.05) is 6.07 Å². The zero-order valence-electron chi connectivity index (χ0n) is 15.6. The van der Waals surface area contributed by atoms with Gasteiger partial charge in [0.1, 0.15) is 13.2 Å². The third kappa shape index (κ3) is 4.66. The van der Waals surface area contributed by atoms with E-state index in [9.17, 15) is 28.8 Å². The summed E-state index contributed by atoms with van der Waals surface area (Å²) in [7, 11) is 0. The number of hydrogen-bond acceptors (Lipinski definition) is 8. The quantitative estimate of drug-likeness (QED) is 0.426. The maximum absolute atomic E-state index is 12.1. The van der Waals surface area contributed by atoms with Crippen molar-refractivity contribution in [2.24, 2.45) is 0 Å². The van der Waals surface area contributed by atoms with Crippen LogP contribution < -0.4 is 0 Å². The fraction of sp³-hybridized carbons (Fsp3) is 0.200. The zero-order valence-corrected chi connectivity index (χ0v) is 15.6. The minimum atomic E-state index is -0.740. The van der Waals surface area contributed by atoms with E-state index >= 15 is 0 Å². The number of nitrogens with zero attached hydrogens (tertiary/aromatic N) is 2. The molecule has 0 saturated carbocycles. The molecule has 1 aromatic carbocycles. The second-order valence-electron chi connectivity index (χ2n) is 6.18. The highest BCUT2D eigenvalue weighted by molar-refractivity contribution is 6.13. The molecule has 4 amide bonds. The molecule has 1 aromatic rings. The summed E-state index contributed by atoms with van der Waals surface area (Å²) in [4.78, 5) is 71.9. The molecule has 154 valence electrons. The van der Waals surface area contributed by atoms with Crippen molar-refractivity contribution in [1.82, 2.24) is 9.80 Å². The molecule has 0 saturated heterocycles. The molecule has 0 radical (unpaired) electrons. The summed E-state index contributed by atoms with van der Waals surface area (Å²) in [6, 6.07) is 5.59. The molecule has 0 aliphatic carbocycles. The largest absolute Gasteiger partial charge is 0.460 e. The summed E-state index contributed by atoms with van der Waals surface area (Å²) in [5.74, 6) is -3.39. The van der Waals surface area contributed by atoms with Gasteiger partial charge in [0.05, 0.1) is 24.2 Å². The lowest BCUT2D eigenvalue weighted by atomic mass is 10.1. The van der Waals surface area contributed by atoms with Crippen molar-refractivity contribution in [1.29, 1.82) is 0 Å². The number of hydrogen-bond donors (Lipinski definition) is 0. The summed E-state index contributed by atoms with van der Waals surface area (Å²) < 4.78 is 10.1. The standard InChI is InChI=1S/C20H16N2O8/c23-15-4-5-16(24)21(15)8-10-29-19(27)13-2-1-3-14(12-13)20(28)30-11-9-22-17(25)6-7-18(22)26/h1-7,12H,8-11H2. The minimum Gasteiger partial charge on any atom is -0.460 e. The fourth-order valence-corrected chi connectivity index (χ4v) is 2.70. The monoisotopic (exact) mass is 412 g/mol. The average Bonchev–Trinajstić information content (AvgIpc) is 3.23. The van der Waals surface area contributed by atoms with Crippen LogP contribution in [0.4, 0.5) is 0 Å². The smallest absolute Gasteiger partial charge is 0.338 e. The first kappa shape index (κ1) is 20.6. The molecule has 2 aliphatic rings. The second kappa shape index (κ2) is 8.95. The minimum absolute atomic E-state index is 0.0794. The van der Waals surface area contributed by atoms with Crippen molar-refractivity contribution in [3.8, 4) is 0 Å². The summed E-state index contributed by atoms with van der Waals surface area (Å²) in [5.41, 5.74) is 0.159. The molecule has 10 heteroatoms. The first-order chi connectivity index (χ1) is 14.4. The molecule has 2 aliphatic heterocycles. The van der Waals surface area contributed by atoms with E-state index in [0.29, 0.717) is 0 Å². The Hall–Kier alpha value is -4.08. The zero-order chi connectivity index (χ0) is 21.7. The SMILES string of the molecule is O=C(OCCN1C(=O)C=CC1=O)c1cccc(C(=O)OCCN2C(=O)C=CC2=O)c1. The van der Waals surface area contributed by atoms with Crippen molar-refractivity contribution >= 4 is 35.6 Å². The Morgan fingerprint density at radius 3 is 1.40 bits per heavy atom. The van der Waals surface area contributed by atoms with Crippen LogP contribution >= 0.6 is 0 Å². The number of esters is 2. The summed E-state index contributed by atoms with van der Waals surface area (Å²) >= 11 is 0. The third-order valence-corrected chi connectivity index (χ3v) is 4.23. The molecule has 0 aromatic heterocycles. The third-order valence-electron chi connectivity index (χ3n) is 4.23. The highest BCUT2D eigenvalue weighted by Gasteiger charge is 2.24. The van der Waals surface area contributed by atoms with E-state index in [1.54, 1.807) is 0 Å². The lowest BCUT2D eigenvalue weighted by molar-refractivity contribution is -0.138. The summed E-state index contributed by atoms with van der Waals surface area (Å²) in [6.07, 6.45) is 4.52. The van der Waals surface area contributed by atoms with E-state index in [1.807, 2.05) is 0 Å². The molecular weight excluding hydrogens is 396 g/mol. The molecule has 30 heavy (non-hydrogen) atoms. The summed E-state index contributed by atoms with van der Waals surface area (Å²) in [6.45, 7) is -0.556. The number of carbonyl (C=O) groups excluding carboxylic acids is 6. The van der Waals surface area contributed by atoms with Gasteiger partial charge in [-0.2, -0.15) is 0 Å². The summed E-state index contributed by atoms with van der Waals surface area (Å²) in [5, 5.41) is 0. The van der Waals surface area contributed by atoms with Gasteiger partial charge >= 0.3 is 11.9 Å². The number of imide groups is 2. The molecule has 0 N–H and O–H groups in total. The lowest BCUT2D eigenvalue weighted by Gasteiger charge is -2.14. The van der Waals surface area contributed by atoms with Gasteiger partial charge in [0.15, 0.2) is 0 Å². The predicted molar refractivity (Wildman–Crippen MR) is 98.7 cm³/mol. The van der Waals surface area contributed by atoms with Crippen molar-refractivity contribution in [3.05, 3.63) is 59.7 Å². The Morgan fingerprint density at radius 1 is 0.667 bits per heavy atom. The van der Waals surface area contributed by atoms with Crippen LogP contribution in [0.15, 0.2) is 48.6 Å². The first-order valence-electron chi connectivity index (χ1n) is 8.88. The molecule has 0 unspecified atom stereocenters. The van der Waals surface area contributed by atoms with Crippen molar-refractivity contribution < 1.29 is 38.2 Å². The molecule has 0 fully saturated rings. The maximum Gasteiger partial charge on any atom is 0.338 e. The average molecular weight is 412 g/mol. The molecule has 0 bridgehead atoms. The van der Waals surface area contributed by atoms with Gasteiger partial charge in [-0.05, 0) is 18.2 Å². The Morgan fingerprint density at radius 2 is 1.03 bits per heavy atom. The van der Waals surface area contributed by atoms with Crippen LogP contribution in [-0.4, -0.2) is 71.7 Å². The highest BCUT2D eigenvalue weighted by Crippen LogP contribution is 2.10. The number of rotatable bonds is 8. The van der Waals surface area contributed by atoms with E-state index < -0.39 is 35.6 Å². The second-order valence-corrected chi connectivity index (χ2v) is 6.18. The van der Waals surface area contributed by atoms with E-state index in [-0.39, 0.29) is 37.4 Å². The Labute approximate surface area is 170 Å². The molecule has 3 rings (SSSR count). The van der Waals surface area contributed by atoms with Crippen LogP contribution in [-0.2, 0) is 28.7 Å². The van der Waals surface area contributed by atoms with Crippen molar-refractivity contribution in [2.45, 2.75) is 0 Å². The van der Waals surface area contributed by atoms with Crippen LogP contribution in [0.25, 0.3) is 0 Å². The van der Waals surface area contributed by atoms with Gasteiger partial charge in [-0.3, -0.25) is 29.0 Å². The van der Waals surface area contributed by atoms with Gasteiger partial charge in [0, 0.05) is 24.3 Å². The topological polar surface area (TPSA) is 127 Å². The lowest BCUT2D eigenvalue weighted by Crippen LogP contribution is -2.33. The van der Waals surface area contributed by atoms with E-state index in [1.165, 1.54) is 24.3 Å². The van der Waals surface area contributed by atoms with Gasteiger partial charge in [-0.25, -0.2) is 9.59 Å². The Bertz CT molecular complexity index is 883. The molecule has 0 atom stereocenters. The van der Waals surface area contributed by atoms with E-state index in [0.717, 1.165) is 34.1 Å². The van der Waals surface area contributed by atoms with Gasteiger partial charge in [-0.15, -0.1) is 0 Å². The molecule has 10 nitrogen and oxygen atoms in total. The Kier molecular flexibility index (Phi) is 6.16.